The average molecular weight is 387 g/mol. The van der Waals surface area contributed by atoms with E-state index >= 15 is 0 Å². The first-order valence-corrected chi connectivity index (χ1v) is 8.90. The van der Waals surface area contributed by atoms with Crippen LogP contribution < -0.4 is 14.2 Å². The molecule has 3 aromatic carbocycles. The topological polar surface area (TPSA) is 65.0 Å². The second-order valence-electron chi connectivity index (χ2n) is 5.73. The number of carboxylic acids is 1. The Morgan fingerprint density at radius 3 is 2.44 bits per heavy atom. The molecule has 0 radical (unpaired) electrons. The van der Waals surface area contributed by atoms with Gasteiger partial charge in [0, 0.05) is 0 Å². The Hall–Kier alpha value is -2.92. The quantitative estimate of drug-likeness (QED) is 0.549. The molecule has 0 saturated heterocycles. The maximum absolute atomic E-state index is 11.2. The third-order valence-corrected chi connectivity index (χ3v) is 4.16. The van der Waals surface area contributed by atoms with Gasteiger partial charge in [-0.25, -0.2) is 4.79 Å². The van der Waals surface area contributed by atoms with E-state index < -0.39 is 5.97 Å². The number of benzene rings is 3. The van der Waals surface area contributed by atoms with E-state index in [1.807, 2.05) is 42.5 Å². The van der Waals surface area contributed by atoms with Gasteiger partial charge in [0.25, 0.3) is 0 Å². The lowest BCUT2D eigenvalue weighted by molar-refractivity contribution is 0.0696. The summed E-state index contributed by atoms with van der Waals surface area (Å²) in [5.41, 5.74) is 0.0446. The zero-order valence-electron chi connectivity index (χ0n) is 14.8. The number of rotatable bonds is 8. The predicted octanol–water partition coefficient (Wildman–Crippen LogP) is 5.05. The van der Waals surface area contributed by atoms with Gasteiger partial charge in [-0.3, -0.25) is 0 Å². The molecule has 0 heterocycles. The summed E-state index contributed by atoms with van der Waals surface area (Å²) in [5.74, 6) is 0.275. The summed E-state index contributed by atoms with van der Waals surface area (Å²) in [5, 5.41) is 11.6. The molecule has 0 unspecified atom stereocenters. The molecule has 0 aliphatic rings. The van der Waals surface area contributed by atoms with Crippen molar-refractivity contribution in [2.75, 3.05) is 19.8 Å². The van der Waals surface area contributed by atoms with Gasteiger partial charge in [0.1, 0.15) is 19.0 Å². The van der Waals surface area contributed by atoms with Crippen LogP contribution in [-0.2, 0) is 0 Å². The molecule has 0 amide bonds. The highest BCUT2D eigenvalue weighted by molar-refractivity contribution is 6.32. The normalized spacial score (nSPS) is 10.6. The van der Waals surface area contributed by atoms with Crippen molar-refractivity contribution in [3.63, 3.8) is 0 Å². The summed E-state index contributed by atoms with van der Waals surface area (Å²) in [4.78, 5) is 11.2. The van der Waals surface area contributed by atoms with Gasteiger partial charge in [-0.1, -0.05) is 41.9 Å². The summed E-state index contributed by atoms with van der Waals surface area (Å²) in [6, 6.07) is 16.7. The molecule has 0 aromatic heterocycles. The van der Waals surface area contributed by atoms with E-state index in [4.69, 9.17) is 30.9 Å². The minimum absolute atomic E-state index is 0.0446. The van der Waals surface area contributed by atoms with E-state index in [0.717, 1.165) is 16.5 Å². The molecule has 0 saturated carbocycles. The van der Waals surface area contributed by atoms with Crippen LogP contribution in [0.1, 0.15) is 17.3 Å². The van der Waals surface area contributed by atoms with Crippen LogP contribution in [0.3, 0.4) is 0 Å². The zero-order valence-corrected chi connectivity index (χ0v) is 15.5. The number of hydrogen-bond donors (Lipinski definition) is 1. The molecule has 27 heavy (non-hydrogen) atoms. The fraction of sp³-hybridized carbons (Fsp3) is 0.190. The molecule has 6 heteroatoms. The molecule has 3 aromatic rings. The number of carboxylic acid groups (broad SMARTS) is 1. The van der Waals surface area contributed by atoms with Crippen LogP contribution in [-0.4, -0.2) is 30.9 Å². The first kappa shape index (κ1) is 18.9. The SMILES string of the molecule is CCOc1cc(C(=O)O)cc(Cl)c1OCCOc1ccc2ccccc2c1. The molecule has 3 rings (SSSR count). The highest BCUT2D eigenvalue weighted by atomic mass is 35.5. The third-order valence-electron chi connectivity index (χ3n) is 3.88. The van der Waals surface area contributed by atoms with Gasteiger partial charge in [0.2, 0.25) is 0 Å². The highest BCUT2D eigenvalue weighted by Gasteiger charge is 2.15. The van der Waals surface area contributed by atoms with Crippen molar-refractivity contribution in [1.29, 1.82) is 0 Å². The van der Waals surface area contributed by atoms with Crippen LogP contribution in [0.5, 0.6) is 17.2 Å². The summed E-state index contributed by atoms with van der Waals surface area (Å²) in [6.07, 6.45) is 0. The summed E-state index contributed by atoms with van der Waals surface area (Å²) in [7, 11) is 0. The molecular formula is C21H19ClO5. The maximum atomic E-state index is 11.2. The minimum atomic E-state index is -1.08. The lowest BCUT2D eigenvalue weighted by atomic mass is 10.1. The van der Waals surface area contributed by atoms with E-state index in [-0.39, 0.29) is 17.2 Å². The van der Waals surface area contributed by atoms with Crippen LogP contribution in [0, 0.1) is 0 Å². The van der Waals surface area contributed by atoms with Crippen LogP contribution in [0.2, 0.25) is 5.02 Å². The van der Waals surface area contributed by atoms with Crippen molar-refractivity contribution >= 4 is 28.3 Å². The Kier molecular flexibility index (Phi) is 6.04. The Morgan fingerprint density at radius 2 is 1.70 bits per heavy atom. The molecule has 1 N–H and O–H groups in total. The van der Waals surface area contributed by atoms with E-state index in [2.05, 4.69) is 0 Å². The summed E-state index contributed by atoms with van der Waals surface area (Å²) >= 11 is 6.17. The molecule has 0 spiro atoms. The lowest BCUT2D eigenvalue weighted by Crippen LogP contribution is -2.11. The smallest absolute Gasteiger partial charge is 0.335 e. The number of hydrogen-bond acceptors (Lipinski definition) is 4. The molecular weight excluding hydrogens is 368 g/mol. The van der Waals surface area contributed by atoms with Crippen LogP contribution in [0.15, 0.2) is 54.6 Å². The van der Waals surface area contributed by atoms with Crippen molar-refractivity contribution in [2.24, 2.45) is 0 Å². The molecule has 0 aliphatic carbocycles. The van der Waals surface area contributed by atoms with Gasteiger partial charge in [0.05, 0.1) is 17.2 Å². The molecule has 0 bridgehead atoms. The molecule has 0 aliphatic heterocycles. The number of fused-ring (bicyclic) bond motifs is 1. The zero-order chi connectivity index (χ0) is 19.2. The number of aromatic carboxylic acids is 1. The molecule has 140 valence electrons. The maximum Gasteiger partial charge on any atom is 0.335 e. The second-order valence-corrected chi connectivity index (χ2v) is 6.14. The summed E-state index contributed by atoms with van der Waals surface area (Å²) < 4.78 is 16.9. The van der Waals surface area contributed by atoms with Crippen LogP contribution in [0.4, 0.5) is 0 Å². The Labute approximate surface area is 162 Å². The van der Waals surface area contributed by atoms with Crippen molar-refractivity contribution in [3.8, 4) is 17.2 Å². The summed E-state index contributed by atoms with van der Waals surface area (Å²) in [6.45, 7) is 2.71. The van der Waals surface area contributed by atoms with Gasteiger partial charge in [-0.15, -0.1) is 0 Å². The Balaban J connectivity index is 1.64. The number of ether oxygens (including phenoxy) is 3. The van der Waals surface area contributed by atoms with Crippen molar-refractivity contribution in [3.05, 3.63) is 65.2 Å². The van der Waals surface area contributed by atoms with Gasteiger partial charge >= 0.3 is 5.97 Å². The van der Waals surface area contributed by atoms with Crippen LogP contribution >= 0.6 is 11.6 Å². The molecule has 0 fully saturated rings. The average Bonchev–Trinajstić information content (AvgIpc) is 2.66. The monoisotopic (exact) mass is 386 g/mol. The fourth-order valence-corrected chi connectivity index (χ4v) is 2.92. The lowest BCUT2D eigenvalue weighted by Gasteiger charge is -2.15. The van der Waals surface area contributed by atoms with E-state index in [0.29, 0.717) is 24.7 Å². The standard InChI is InChI=1S/C21H19ClO5/c1-2-25-19-13-16(21(23)24)12-18(22)20(19)27-10-9-26-17-8-7-14-5-3-4-6-15(14)11-17/h3-8,11-13H,2,9-10H2,1H3,(H,23,24). The largest absolute Gasteiger partial charge is 0.490 e. The highest BCUT2D eigenvalue weighted by Crippen LogP contribution is 2.36. The first-order chi connectivity index (χ1) is 13.1. The van der Waals surface area contributed by atoms with Crippen molar-refractivity contribution < 1.29 is 24.1 Å². The van der Waals surface area contributed by atoms with Gasteiger partial charge < -0.3 is 19.3 Å². The van der Waals surface area contributed by atoms with Crippen molar-refractivity contribution in [2.45, 2.75) is 6.92 Å². The van der Waals surface area contributed by atoms with Gasteiger partial charge in [-0.2, -0.15) is 0 Å². The van der Waals surface area contributed by atoms with E-state index in [1.54, 1.807) is 6.92 Å². The Bertz CT molecular complexity index is 954. The minimum Gasteiger partial charge on any atom is -0.490 e. The number of carbonyl (C=O) groups is 1. The second kappa shape index (κ2) is 8.64. The predicted molar refractivity (Wildman–Crippen MR) is 105 cm³/mol. The van der Waals surface area contributed by atoms with Crippen molar-refractivity contribution in [1.82, 2.24) is 0 Å². The Morgan fingerprint density at radius 1 is 0.963 bits per heavy atom. The van der Waals surface area contributed by atoms with Gasteiger partial charge in [0.15, 0.2) is 11.5 Å². The first-order valence-electron chi connectivity index (χ1n) is 8.52. The van der Waals surface area contributed by atoms with Crippen LogP contribution in [0.25, 0.3) is 10.8 Å². The van der Waals surface area contributed by atoms with E-state index in [1.165, 1.54) is 12.1 Å². The van der Waals surface area contributed by atoms with E-state index in [9.17, 15) is 4.79 Å². The van der Waals surface area contributed by atoms with Gasteiger partial charge in [-0.05, 0) is 42.0 Å². The molecule has 0 atom stereocenters. The molecule has 5 nitrogen and oxygen atoms in total. The fourth-order valence-electron chi connectivity index (χ4n) is 2.65. The number of halogens is 1. The third kappa shape index (κ3) is 4.63.